The number of anilines is 2. The average Bonchev–Trinajstić information content (AvgIpc) is 2.98. The third kappa shape index (κ3) is 1.71. The molecule has 0 radical (unpaired) electrons. The summed E-state index contributed by atoms with van der Waals surface area (Å²) in [7, 11) is 1.47. The van der Waals surface area contributed by atoms with E-state index >= 15 is 0 Å². The largest absolute Gasteiger partial charge is 0.469 e. The van der Waals surface area contributed by atoms with E-state index in [1.54, 1.807) is 0 Å². The van der Waals surface area contributed by atoms with Crippen molar-refractivity contribution in [1.82, 2.24) is 0 Å². The lowest BCUT2D eigenvalue weighted by Gasteiger charge is -2.42. The van der Waals surface area contributed by atoms with Gasteiger partial charge in [-0.1, -0.05) is 36.4 Å². The van der Waals surface area contributed by atoms with Gasteiger partial charge in [0.1, 0.15) is 0 Å². The van der Waals surface area contributed by atoms with Crippen molar-refractivity contribution in [1.29, 1.82) is 0 Å². The van der Waals surface area contributed by atoms with Crippen molar-refractivity contribution in [2.75, 3.05) is 23.9 Å². The molecule has 2 aromatic carbocycles. The van der Waals surface area contributed by atoms with Crippen LogP contribution >= 0.6 is 0 Å². The molecule has 124 valence electrons. The first kappa shape index (κ1) is 15.1. The van der Waals surface area contributed by atoms with Gasteiger partial charge < -0.3 is 15.0 Å². The predicted octanol–water partition coefficient (Wildman–Crippen LogP) is 3.40. The Morgan fingerprint density at radius 2 is 1.79 bits per heavy atom. The Hall–Kier alpha value is -2.49. The summed E-state index contributed by atoms with van der Waals surface area (Å²) in [5, 5.41) is 3.64. The first-order valence-corrected chi connectivity index (χ1v) is 8.30. The number of para-hydroxylation sites is 2. The lowest BCUT2D eigenvalue weighted by Crippen LogP contribution is -2.54. The standard InChI is InChI=1S/C20H22N2O2/c1-19-16(18(23)24-3)13-22(14-9-5-4-6-10-14)20(19,2)15-11-7-8-12-17(15)21-19/h4-12,16,21H,13H2,1-3H3/t16?,19-,20-/m0/s1. The minimum Gasteiger partial charge on any atom is -0.469 e. The Morgan fingerprint density at radius 1 is 1.12 bits per heavy atom. The molecule has 0 spiro atoms. The van der Waals surface area contributed by atoms with Gasteiger partial charge in [0.2, 0.25) is 0 Å². The van der Waals surface area contributed by atoms with Gasteiger partial charge in [-0.05, 0) is 32.0 Å². The summed E-state index contributed by atoms with van der Waals surface area (Å²) >= 11 is 0. The molecule has 2 heterocycles. The second-order valence-electron chi connectivity index (χ2n) is 6.97. The van der Waals surface area contributed by atoms with Gasteiger partial charge in [-0.2, -0.15) is 0 Å². The summed E-state index contributed by atoms with van der Waals surface area (Å²) in [4.78, 5) is 14.9. The van der Waals surface area contributed by atoms with E-state index in [0.717, 1.165) is 11.4 Å². The molecule has 0 aliphatic carbocycles. The summed E-state index contributed by atoms with van der Waals surface area (Å²) in [6.45, 7) is 4.99. The van der Waals surface area contributed by atoms with Gasteiger partial charge in [0, 0.05) is 23.5 Å². The zero-order valence-corrected chi connectivity index (χ0v) is 14.2. The second kappa shape index (κ2) is 5.00. The van der Waals surface area contributed by atoms with E-state index in [4.69, 9.17) is 4.74 Å². The number of hydrogen-bond donors (Lipinski definition) is 1. The van der Waals surface area contributed by atoms with E-state index in [9.17, 15) is 4.79 Å². The number of methoxy groups -OCH3 is 1. The number of nitrogens with zero attached hydrogens (tertiary/aromatic N) is 1. The van der Waals surface area contributed by atoms with E-state index in [-0.39, 0.29) is 17.4 Å². The minimum absolute atomic E-state index is 0.164. The smallest absolute Gasteiger partial charge is 0.312 e. The summed E-state index contributed by atoms with van der Waals surface area (Å²) < 4.78 is 5.13. The van der Waals surface area contributed by atoms with Crippen LogP contribution in [0.1, 0.15) is 19.4 Å². The van der Waals surface area contributed by atoms with E-state index in [2.05, 4.69) is 54.4 Å². The molecule has 0 bridgehead atoms. The molecule has 1 saturated heterocycles. The Labute approximate surface area is 142 Å². The van der Waals surface area contributed by atoms with Crippen molar-refractivity contribution in [3.8, 4) is 0 Å². The maximum atomic E-state index is 12.5. The topological polar surface area (TPSA) is 41.6 Å². The molecule has 2 aromatic rings. The van der Waals surface area contributed by atoms with Gasteiger partial charge in [-0.3, -0.25) is 4.79 Å². The SMILES string of the molecule is COC(=O)C1CN(c2ccccc2)[C@@]2(C)c3ccccc3N[C@@]12C. The summed E-state index contributed by atoms with van der Waals surface area (Å²) in [5.74, 6) is -0.414. The summed E-state index contributed by atoms with van der Waals surface area (Å²) in [5.41, 5.74) is 2.68. The van der Waals surface area contributed by atoms with Crippen LogP contribution in [0.25, 0.3) is 0 Å². The molecule has 4 heteroatoms. The Morgan fingerprint density at radius 3 is 2.50 bits per heavy atom. The molecule has 0 saturated carbocycles. The number of esters is 1. The molecule has 0 amide bonds. The van der Waals surface area contributed by atoms with Crippen LogP contribution in [0.4, 0.5) is 11.4 Å². The van der Waals surface area contributed by atoms with Crippen LogP contribution in [0.2, 0.25) is 0 Å². The average molecular weight is 322 g/mol. The van der Waals surface area contributed by atoms with Gasteiger partial charge in [-0.25, -0.2) is 0 Å². The fourth-order valence-electron chi connectivity index (χ4n) is 4.52. The fourth-order valence-corrected chi connectivity index (χ4v) is 4.52. The van der Waals surface area contributed by atoms with Crippen LogP contribution in [-0.2, 0) is 15.1 Å². The van der Waals surface area contributed by atoms with E-state index < -0.39 is 5.54 Å². The number of hydrogen-bond acceptors (Lipinski definition) is 4. The first-order valence-electron chi connectivity index (χ1n) is 8.30. The molecule has 4 rings (SSSR count). The van der Waals surface area contributed by atoms with Crippen LogP contribution in [-0.4, -0.2) is 25.2 Å². The molecule has 1 unspecified atom stereocenters. The van der Waals surface area contributed by atoms with E-state index in [1.807, 2.05) is 24.3 Å². The Kier molecular flexibility index (Phi) is 3.14. The van der Waals surface area contributed by atoms with Gasteiger partial charge in [-0.15, -0.1) is 0 Å². The maximum Gasteiger partial charge on any atom is 0.312 e. The molecule has 1 N–H and O–H groups in total. The lowest BCUT2D eigenvalue weighted by molar-refractivity contribution is -0.146. The number of benzene rings is 2. The number of rotatable bonds is 2. The second-order valence-corrected chi connectivity index (χ2v) is 6.97. The summed E-state index contributed by atoms with van der Waals surface area (Å²) in [6, 6.07) is 18.6. The van der Waals surface area contributed by atoms with Crippen LogP contribution in [0, 0.1) is 5.92 Å². The predicted molar refractivity (Wildman–Crippen MR) is 95.1 cm³/mol. The Balaban J connectivity index is 1.92. The third-order valence-electron chi connectivity index (χ3n) is 6.01. The van der Waals surface area contributed by atoms with Gasteiger partial charge in [0.25, 0.3) is 0 Å². The van der Waals surface area contributed by atoms with Crippen LogP contribution in [0.3, 0.4) is 0 Å². The number of carbonyl (C=O) groups excluding carboxylic acids is 1. The number of nitrogens with one attached hydrogen (secondary N) is 1. The normalized spacial score (nSPS) is 30.5. The molecule has 1 fully saturated rings. The van der Waals surface area contributed by atoms with Crippen LogP contribution in [0.5, 0.6) is 0 Å². The monoisotopic (exact) mass is 322 g/mol. The van der Waals surface area contributed by atoms with Crippen molar-refractivity contribution < 1.29 is 9.53 Å². The number of ether oxygens (including phenoxy) is 1. The van der Waals surface area contributed by atoms with E-state index in [1.165, 1.54) is 12.7 Å². The number of fused-ring (bicyclic) bond motifs is 3. The van der Waals surface area contributed by atoms with Crippen molar-refractivity contribution in [2.45, 2.75) is 24.9 Å². The maximum absolute atomic E-state index is 12.5. The van der Waals surface area contributed by atoms with Crippen molar-refractivity contribution in [3.63, 3.8) is 0 Å². The number of carbonyl (C=O) groups is 1. The van der Waals surface area contributed by atoms with Gasteiger partial charge in [0.15, 0.2) is 0 Å². The molecule has 2 aliphatic heterocycles. The quantitative estimate of drug-likeness (QED) is 0.861. The molecule has 24 heavy (non-hydrogen) atoms. The van der Waals surface area contributed by atoms with Gasteiger partial charge in [0.05, 0.1) is 24.1 Å². The van der Waals surface area contributed by atoms with Crippen LogP contribution in [0.15, 0.2) is 54.6 Å². The first-order chi connectivity index (χ1) is 11.5. The van der Waals surface area contributed by atoms with Crippen molar-refractivity contribution >= 4 is 17.3 Å². The highest BCUT2D eigenvalue weighted by molar-refractivity contribution is 5.82. The van der Waals surface area contributed by atoms with Crippen molar-refractivity contribution in [2.24, 2.45) is 5.92 Å². The van der Waals surface area contributed by atoms with Gasteiger partial charge >= 0.3 is 5.97 Å². The minimum atomic E-state index is -0.431. The molecule has 3 atom stereocenters. The van der Waals surface area contributed by atoms with Crippen LogP contribution < -0.4 is 10.2 Å². The molecule has 0 aromatic heterocycles. The molecular weight excluding hydrogens is 300 g/mol. The van der Waals surface area contributed by atoms with Crippen molar-refractivity contribution in [3.05, 3.63) is 60.2 Å². The molecule has 2 aliphatic rings. The Bertz CT molecular complexity index is 791. The highest BCUT2D eigenvalue weighted by Crippen LogP contribution is 2.58. The molecular formula is C20H22N2O2. The zero-order chi connectivity index (χ0) is 16.9. The third-order valence-corrected chi connectivity index (χ3v) is 6.01. The fraction of sp³-hybridized carbons (Fsp3) is 0.350. The molecule has 4 nitrogen and oxygen atoms in total. The summed E-state index contributed by atoms with van der Waals surface area (Å²) in [6.07, 6.45) is 0. The highest BCUT2D eigenvalue weighted by atomic mass is 16.5. The lowest BCUT2D eigenvalue weighted by atomic mass is 9.74. The van der Waals surface area contributed by atoms with E-state index in [0.29, 0.717) is 6.54 Å². The highest BCUT2D eigenvalue weighted by Gasteiger charge is 2.66. The zero-order valence-electron chi connectivity index (χ0n) is 14.2.